The quantitative estimate of drug-likeness (QED) is 0.374. The molecule has 124 valence electrons. The molecule has 2 aromatic carbocycles. The van der Waals surface area contributed by atoms with E-state index in [0.717, 1.165) is 11.3 Å². The molecule has 0 amide bonds. The van der Waals surface area contributed by atoms with Crippen molar-refractivity contribution in [3.63, 3.8) is 0 Å². The number of thioether (sulfide) groups is 1. The third-order valence-electron chi connectivity index (χ3n) is 3.03. The summed E-state index contributed by atoms with van der Waals surface area (Å²) in [4.78, 5) is 16.2. The number of methoxy groups -OCH3 is 1. The van der Waals surface area contributed by atoms with Crippen molar-refractivity contribution in [1.82, 2.24) is 0 Å². The minimum absolute atomic E-state index is 0.359. The van der Waals surface area contributed by atoms with Crippen LogP contribution in [-0.2, 0) is 9.53 Å². The Balaban J connectivity index is 2.10. The Morgan fingerprint density at radius 3 is 2.50 bits per heavy atom. The first kappa shape index (κ1) is 18.1. The third kappa shape index (κ3) is 5.76. The van der Waals surface area contributed by atoms with Crippen molar-refractivity contribution in [3.8, 4) is 0 Å². The molecule has 6 heteroatoms. The van der Waals surface area contributed by atoms with E-state index in [0.29, 0.717) is 21.5 Å². The number of carbonyl (C=O) groups is 1. The molecule has 0 aliphatic carbocycles. The monoisotopic (exact) mass is 360 g/mol. The Kier molecular flexibility index (Phi) is 6.90. The molecule has 0 heterocycles. The van der Waals surface area contributed by atoms with E-state index in [2.05, 4.69) is 4.99 Å². The molecule has 0 bridgehead atoms. The van der Waals surface area contributed by atoms with Crippen LogP contribution in [0.4, 0.5) is 5.69 Å². The number of nitrogens with two attached hydrogens (primary N) is 1. The third-order valence-corrected chi connectivity index (χ3v) is 4.12. The van der Waals surface area contributed by atoms with E-state index in [1.54, 1.807) is 18.2 Å². The number of esters is 1. The van der Waals surface area contributed by atoms with Crippen molar-refractivity contribution < 1.29 is 9.53 Å². The van der Waals surface area contributed by atoms with Gasteiger partial charge in [-0.15, -0.1) is 0 Å². The lowest BCUT2D eigenvalue weighted by Crippen LogP contribution is -2.12. The Morgan fingerprint density at radius 1 is 1.21 bits per heavy atom. The maximum Gasteiger partial charge on any atom is 0.334 e. The number of nitrogens with zero attached hydrogens (tertiary/aromatic N) is 1. The molecule has 0 spiro atoms. The summed E-state index contributed by atoms with van der Waals surface area (Å²) in [5.74, 6) is -0.0396. The SMILES string of the molecule is COC(=O)/C(=C/c1ccc(Cl)cc1)CSC(N)=Nc1ccccc1. The number of benzene rings is 2. The summed E-state index contributed by atoms with van der Waals surface area (Å²) in [7, 11) is 1.35. The van der Waals surface area contributed by atoms with Crippen molar-refractivity contribution in [3.05, 3.63) is 70.8 Å². The van der Waals surface area contributed by atoms with Gasteiger partial charge in [-0.2, -0.15) is 0 Å². The number of hydrogen-bond acceptors (Lipinski definition) is 4. The largest absolute Gasteiger partial charge is 0.466 e. The van der Waals surface area contributed by atoms with Gasteiger partial charge in [-0.1, -0.05) is 53.7 Å². The molecular weight excluding hydrogens is 344 g/mol. The molecule has 24 heavy (non-hydrogen) atoms. The van der Waals surface area contributed by atoms with Gasteiger partial charge in [-0.25, -0.2) is 9.79 Å². The van der Waals surface area contributed by atoms with Gasteiger partial charge in [0, 0.05) is 16.3 Å². The van der Waals surface area contributed by atoms with E-state index >= 15 is 0 Å². The van der Waals surface area contributed by atoms with Gasteiger partial charge in [0.1, 0.15) is 0 Å². The van der Waals surface area contributed by atoms with Gasteiger partial charge in [0.2, 0.25) is 0 Å². The van der Waals surface area contributed by atoms with Gasteiger partial charge in [-0.3, -0.25) is 0 Å². The minimum atomic E-state index is -0.398. The minimum Gasteiger partial charge on any atom is -0.466 e. The highest BCUT2D eigenvalue weighted by molar-refractivity contribution is 8.14. The summed E-state index contributed by atoms with van der Waals surface area (Å²) in [6.45, 7) is 0. The fourth-order valence-electron chi connectivity index (χ4n) is 1.86. The van der Waals surface area contributed by atoms with Crippen LogP contribution >= 0.6 is 23.4 Å². The second-order valence-electron chi connectivity index (χ2n) is 4.79. The van der Waals surface area contributed by atoms with Crippen LogP contribution in [0.15, 0.2) is 65.2 Å². The fourth-order valence-corrected chi connectivity index (χ4v) is 2.67. The van der Waals surface area contributed by atoms with E-state index in [1.165, 1.54) is 18.9 Å². The van der Waals surface area contributed by atoms with Crippen molar-refractivity contribution in [1.29, 1.82) is 0 Å². The van der Waals surface area contributed by atoms with Crippen LogP contribution in [0.3, 0.4) is 0 Å². The van der Waals surface area contributed by atoms with Crippen molar-refractivity contribution >= 4 is 46.3 Å². The number of halogens is 1. The lowest BCUT2D eigenvalue weighted by atomic mass is 10.1. The van der Waals surface area contributed by atoms with Gasteiger partial charge in [0.05, 0.1) is 12.8 Å². The number of hydrogen-bond donors (Lipinski definition) is 1. The molecule has 0 fully saturated rings. The average molecular weight is 361 g/mol. The number of ether oxygens (including phenoxy) is 1. The number of para-hydroxylation sites is 1. The Bertz CT molecular complexity index is 743. The molecule has 0 aliphatic heterocycles. The van der Waals surface area contributed by atoms with Crippen molar-refractivity contribution in [2.45, 2.75) is 0 Å². The topological polar surface area (TPSA) is 64.7 Å². The van der Waals surface area contributed by atoms with Gasteiger partial charge in [0.25, 0.3) is 0 Å². The maximum absolute atomic E-state index is 11.9. The predicted molar refractivity (Wildman–Crippen MR) is 102 cm³/mol. The molecule has 2 aromatic rings. The highest BCUT2D eigenvalue weighted by atomic mass is 35.5. The molecular formula is C18H17ClN2O2S. The summed E-state index contributed by atoms with van der Waals surface area (Å²) < 4.78 is 4.83. The highest BCUT2D eigenvalue weighted by Gasteiger charge is 2.11. The van der Waals surface area contributed by atoms with Gasteiger partial charge in [-0.05, 0) is 35.9 Å². The molecule has 0 aromatic heterocycles. The number of carbonyl (C=O) groups excluding carboxylic acids is 1. The van der Waals surface area contributed by atoms with Gasteiger partial charge >= 0.3 is 5.97 Å². The molecule has 0 aliphatic rings. The van der Waals surface area contributed by atoms with E-state index in [9.17, 15) is 4.79 Å². The fraction of sp³-hybridized carbons (Fsp3) is 0.111. The lowest BCUT2D eigenvalue weighted by molar-refractivity contribution is -0.135. The average Bonchev–Trinajstić information content (AvgIpc) is 2.60. The molecule has 2 rings (SSSR count). The number of amidine groups is 1. The van der Waals surface area contributed by atoms with Gasteiger partial charge < -0.3 is 10.5 Å². The summed E-state index contributed by atoms with van der Waals surface area (Å²) in [6.07, 6.45) is 1.75. The molecule has 0 saturated carbocycles. The molecule has 0 atom stereocenters. The normalized spacial score (nSPS) is 12.1. The van der Waals surface area contributed by atoms with Gasteiger partial charge in [0.15, 0.2) is 5.17 Å². The molecule has 0 saturated heterocycles. The van der Waals surface area contributed by atoms with E-state index in [1.807, 2.05) is 42.5 Å². The zero-order valence-corrected chi connectivity index (χ0v) is 14.7. The van der Waals surface area contributed by atoms with Crippen molar-refractivity contribution in [2.75, 3.05) is 12.9 Å². The summed E-state index contributed by atoms with van der Waals surface area (Å²) in [5, 5.41) is 1.02. The zero-order chi connectivity index (χ0) is 17.4. The second-order valence-corrected chi connectivity index (χ2v) is 6.22. The highest BCUT2D eigenvalue weighted by Crippen LogP contribution is 2.18. The maximum atomic E-state index is 11.9. The van der Waals surface area contributed by atoms with Crippen LogP contribution in [-0.4, -0.2) is 24.0 Å². The van der Waals surface area contributed by atoms with E-state index in [4.69, 9.17) is 22.1 Å². The summed E-state index contributed by atoms with van der Waals surface area (Å²) in [6, 6.07) is 16.6. The van der Waals surface area contributed by atoms with Crippen LogP contribution in [0.2, 0.25) is 5.02 Å². The van der Waals surface area contributed by atoms with Crippen LogP contribution in [0.1, 0.15) is 5.56 Å². The first-order valence-corrected chi connectivity index (χ1v) is 8.51. The van der Waals surface area contributed by atoms with Crippen LogP contribution < -0.4 is 5.73 Å². The molecule has 4 nitrogen and oxygen atoms in total. The molecule has 0 radical (unpaired) electrons. The number of rotatable bonds is 5. The van der Waals surface area contributed by atoms with Crippen LogP contribution in [0, 0.1) is 0 Å². The molecule has 2 N–H and O–H groups in total. The first-order chi connectivity index (χ1) is 11.6. The predicted octanol–water partition coefficient (Wildman–Crippen LogP) is 4.28. The molecule has 0 unspecified atom stereocenters. The Hall–Kier alpha value is -2.24. The first-order valence-electron chi connectivity index (χ1n) is 7.15. The second kappa shape index (κ2) is 9.15. The Morgan fingerprint density at radius 2 is 1.88 bits per heavy atom. The van der Waals surface area contributed by atoms with Crippen LogP contribution in [0.25, 0.3) is 6.08 Å². The van der Waals surface area contributed by atoms with E-state index < -0.39 is 5.97 Å². The summed E-state index contributed by atoms with van der Waals surface area (Å²) in [5.41, 5.74) is 8.05. The smallest absolute Gasteiger partial charge is 0.334 e. The standard InChI is InChI=1S/C18H17ClN2O2S/c1-23-17(22)14(11-13-7-9-15(19)10-8-13)12-24-18(20)21-16-5-3-2-4-6-16/h2-11H,12H2,1H3,(H2,20,21)/b14-11+. The van der Waals surface area contributed by atoms with E-state index in [-0.39, 0.29) is 0 Å². The van der Waals surface area contributed by atoms with Crippen molar-refractivity contribution in [2.24, 2.45) is 10.7 Å². The summed E-state index contributed by atoms with van der Waals surface area (Å²) >= 11 is 7.15. The Labute approximate surface area is 150 Å². The lowest BCUT2D eigenvalue weighted by Gasteiger charge is -2.06. The number of aliphatic imine (C=N–C) groups is 1. The van der Waals surface area contributed by atoms with Crippen LogP contribution in [0.5, 0.6) is 0 Å². The zero-order valence-electron chi connectivity index (χ0n) is 13.1.